The lowest BCUT2D eigenvalue weighted by Gasteiger charge is -2.38. The first-order valence-corrected chi connectivity index (χ1v) is 9.22. The molecule has 0 atom stereocenters. The third-order valence-corrected chi connectivity index (χ3v) is 5.37. The minimum absolute atomic E-state index is 0.0456. The molecule has 11 heteroatoms. The number of anilines is 1. The van der Waals surface area contributed by atoms with Gasteiger partial charge >= 0.3 is 12.2 Å². The van der Waals surface area contributed by atoms with Crippen molar-refractivity contribution in [1.29, 1.82) is 0 Å². The van der Waals surface area contributed by atoms with Gasteiger partial charge in [-0.05, 0) is 49.7 Å². The number of nitrogens with one attached hydrogen (secondary N) is 1. The van der Waals surface area contributed by atoms with E-state index in [-0.39, 0.29) is 12.2 Å². The monoisotopic (exact) mass is 423 g/mol. The number of rotatable bonds is 3. The van der Waals surface area contributed by atoms with Crippen molar-refractivity contribution in [1.82, 2.24) is 20.2 Å². The number of imide groups is 1. The summed E-state index contributed by atoms with van der Waals surface area (Å²) in [6.45, 7) is 0.909. The number of aromatic nitrogens is 2. The average molecular weight is 423 g/mol. The highest BCUT2D eigenvalue weighted by atomic mass is 19.4. The van der Waals surface area contributed by atoms with Crippen molar-refractivity contribution in [3.05, 3.63) is 53.9 Å². The van der Waals surface area contributed by atoms with Crippen molar-refractivity contribution >= 4 is 17.6 Å². The number of carbonyl (C=O) groups is 2. The summed E-state index contributed by atoms with van der Waals surface area (Å²) in [6, 6.07) is 2.31. The third kappa shape index (κ3) is 3.38. The molecule has 4 heterocycles. The molecular formula is C19H17F4N5O2. The number of halogens is 4. The number of piperidine rings is 1. The van der Waals surface area contributed by atoms with Crippen molar-refractivity contribution in [2.75, 3.05) is 18.0 Å². The first-order chi connectivity index (χ1) is 14.2. The van der Waals surface area contributed by atoms with Gasteiger partial charge < -0.3 is 10.2 Å². The number of urea groups is 1. The second kappa shape index (κ2) is 7.31. The Labute approximate surface area is 168 Å². The average Bonchev–Trinajstić information content (AvgIpc) is 2.89. The molecule has 0 saturated carbocycles. The molecule has 3 amide bonds. The number of alkyl halides is 3. The molecule has 30 heavy (non-hydrogen) atoms. The predicted octanol–water partition coefficient (Wildman–Crippen LogP) is 2.73. The van der Waals surface area contributed by atoms with Gasteiger partial charge in [-0.25, -0.2) is 19.1 Å². The van der Waals surface area contributed by atoms with Crippen LogP contribution in [0.1, 0.15) is 24.1 Å². The summed E-state index contributed by atoms with van der Waals surface area (Å²) in [5.41, 5.74) is -1.93. The van der Waals surface area contributed by atoms with Gasteiger partial charge in [0.15, 0.2) is 0 Å². The van der Waals surface area contributed by atoms with E-state index in [2.05, 4.69) is 15.3 Å². The van der Waals surface area contributed by atoms with E-state index in [1.807, 2.05) is 0 Å². The maximum Gasteiger partial charge on any atom is 0.433 e. The highest BCUT2D eigenvalue weighted by molar-refractivity contribution is 6.23. The smallest absolute Gasteiger partial charge is 0.317 e. The third-order valence-electron chi connectivity index (χ3n) is 5.37. The van der Waals surface area contributed by atoms with Crippen LogP contribution in [0.2, 0.25) is 0 Å². The van der Waals surface area contributed by atoms with Crippen LogP contribution < -0.4 is 10.2 Å². The molecular weight excluding hydrogens is 406 g/mol. The molecule has 0 bridgehead atoms. The Morgan fingerprint density at radius 2 is 1.83 bits per heavy atom. The van der Waals surface area contributed by atoms with Gasteiger partial charge in [0.2, 0.25) is 0 Å². The number of nitrogens with zero attached hydrogens (tertiary/aromatic N) is 4. The lowest BCUT2D eigenvalue weighted by atomic mass is 9.86. The van der Waals surface area contributed by atoms with Crippen molar-refractivity contribution in [3.63, 3.8) is 0 Å². The minimum atomic E-state index is -4.63. The summed E-state index contributed by atoms with van der Waals surface area (Å²) < 4.78 is 52.0. The highest BCUT2D eigenvalue weighted by Crippen LogP contribution is 2.39. The minimum Gasteiger partial charge on any atom is -0.317 e. The summed E-state index contributed by atoms with van der Waals surface area (Å²) >= 11 is 0. The Morgan fingerprint density at radius 1 is 1.10 bits per heavy atom. The van der Waals surface area contributed by atoms with E-state index in [9.17, 15) is 27.2 Å². The van der Waals surface area contributed by atoms with E-state index in [0.717, 1.165) is 29.4 Å². The van der Waals surface area contributed by atoms with Crippen LogP contribution in [-0.4, -0.2) is 45.4 Å². The molecule has 0 unspecified atom stereocenters. The van der Waals surface area contributed by atoms with Crippen molar-refractivity contribution < 1.29 is 27.2 Å². The van der Waals surface area contributed by atoms with Gasteiger partial charge in [-0.3, -0.25) is 9.78 Å². The topological polar surface area (TPSA) is 78.4 Å². The molecule has 2 saturated heterocycles. The molecule has 2 aromatic heterocycles. The van der Waals surface area contributed by atoms with E-state index in [1.54, 1.807) is 0 Å². The molecule has 7 nitrogen and oxygen atoms in total. The number of hydrogen-bond acceptors (Lipinski definition) is 5. The number of amides is 3. The van der Waals surface area contributed by atoms with E-state index in [1.165, 1.54) is 17.2 Å². The number of hydrogen-bond donors (Lipinski definition) is 1. The van der Waals surface area contributed by atoms with Gasteiger partial charge in [0.1, 0.15) is 17.1 Å². The standard InChI is InChI=1S/C19H17F4N5O2/c20-13-7-12(8-25-9-13)11-27-17(30)28(16(29)18(27)3-5-24-6-4-18)14-1-2-15(26-10-14)19(21,22)23/h1-2,7-10,24H,3-6,11H2. The normalized spacial score (nSPS) is 19.1. The van der Waals surface area contributed by atoms with Gasteiger partial charge in [0.05, 0.1) is 24.6 Å². The van der Waals surface area contributed by atoms with Gasteiger partial charge in [-0.1, -0.05) is 0 Å². The highest BCUT2D eigenvalue weighted by Gasteiger charge is 2.57. The molecule has 2 aliphatic rings. The fourth-order valence-corrected chi connectivity index (χ4v) is 3.90. The number of pyridine rings is 2. The summed E-state index contributed by atoms with van der Waals surface area (Å²) in [5.74, 6) is -1.10. The Hall–Kier alpha value is -3.08. The van der Waals surface area contributed by atoms with Crippen molar-refractivity contribution in [2.24, 2.45) is 0 Å². The molecule has 0 radical (unpaired) electrons. The maximum atomic E-state index is 13.6. The lowest BCUT2D eigenvalue weighted by Crippen LogP contribution is -2.55. The van der Waals surface area contributed by atoms with Gasteiger partial charge in [-0.15, -0.1) is 0 Å². The van der Waals surface area contributed by atoms with Crippen molar-refractivity contribution in [3.8, 4) is 0 Å². The Bertz CT molecular complexity index is 974. The summed E-state index contributed by atoms with van der Waals surface area (Å²) in [4.78, 5) is 35.9. The molecule has 2 fully saturated rings. The van der Waals surface area contributed by atoms with Gasteiger partial charge in [-0.2, -0.15) is 13.2 Å². The molecule has 2 aliphatic heterocycles. The van der Waals surface area contributed by atoms with E-state index in [0.29, 0.717) is 31.5 Å². The SMILES string of the molecule is O=C1N(c2ccc(C(F)(F)F)nc2)C(=O)C2(CCNCC2)N1Cc1cncc(F)c1. The van der Waals surface area contributed by atoms with Crippen LogP contribution in [0, 0.1) is 5.82 Å². The molecule has 2 aromatic rings. The van der Waals surface area contributed by atoms with Crippen LogP contribution in [-0.2, 0) is 17.5 Å². The number of carbonyl (C=O) groups excluding carboxylic acids is 2. The second-order valence-electron chi connectivity index (χ2n) is 7.20. The first-order valence-electron chi connectivity index (χ1n) is 9.22. The Morgan fingerprint density at radius 3 is 2.43 bits per heavy atom. The van der Waals surface area contributed by atoms with Crippen LogP contribution in [0.3, 0.4) is 0 Å². The zero-order valence-corrected chi connectivity index (χ0v) is 15.6. The summed E-state index contributed by atoms with van der Waals surface area (Å²) in [6.07, 6.45) is -0.695. The fraction of sp³-hybridized carbons (Fsp3) is 0.368. The van der Waals surface area contributed by atoms with E-state index >= 15 is 0 Å². The molecule has 1 N–H and O–H groups in total. The van der Waals surface area contributed by atoms with Crippen LogP contribution in [0.4, 0.5) is 28.0 Å². The van der Waals surface area contributed by atoms with Crippen LogP contribution in [0.15, 0.2) is 36.8 Å². The maximum absolute atomic E-state index is 13.6. The Kier molecular flexibility index (Phi) is 4.92. The van der Waals surface area contributed by atoms with Crippen LogP contribution in [0.5, 0.6) is 0 Å². The lowest BCUT2D eigenvalue weighted by molar-refractivity contribution is -0.141. The quantitative estimate of drug-likeness (QED) is 0.607. The molecule has 4 rings (SSSR count). The van der Waals surface area contributed by atoms with Gasteiger partial charge in [0, 0.05) is 6.20 Å². The van der Waals surface area contributed by atoms with Crippen molar-refractivity contribution in [2.45, 2.75) is 31.1 Å². The Balaban J connectivity index is 1.71. The molecule has 0 aliphatic carbocycles. The van der Waals surface area contributed by atoms with E-state index < -0.39 is 35.2 Å². The summed E-state index contributed by atoms with van der Waals surface area (Å²) in [7, 11) is 0. The first kappa shape index (κ1) is 20.2. The second-order valence-corrected chi connectivity index (χ2v) is 7.20. The fourth-order valence-electron chi connectivity index (χ4n) is 3.90. The van der Waals surface area contributed by atoms with Crippen LogP contribution >= 0.6 is 0 Å². The molecule has 1 spiro atoms. The van der Waals surface area contributed by atoms with E-state index in [4.69, 9.17) is 0 Å². The van der Waals surface area contributed by atoms with Gasteiger partial charge in [0.25, 0.3) is 5.91 Å². The summed E-state index contributed by atoms with van der Waals surface area (Å²) in [5, 5.41) is 3.13. The zero-order valence-electron chi connectivity index (χ0n) is 15.6. The molecule has 158 valence electrons. The van der Waals surface area contributed by atoms with Crippen LogP contribution in [0.25, 0.3) is 0 Å². The largest absolute Gasteiger partial charge is 0.433 e. The molecule has 0 aromatic carbocycles. The predicted molar refractivity (Wildman–Crippen MR) is 96.7 cm³/mol. The zero-order chi connectivity index (χ0) is 21.5.